The molecule has 1 aromatic rings. The largest absolute Gasteiger partial charge is 0.383 e. The fourth-order valence-electron chi connectivity index (χ4n) is 1.74. The summed E-state index contributed by atoms with van der Waals surface area (Å²) in [7, 11) is 2.98. The predicted octanol–water partition coefficient (Wildman–Crippen LogP) is 0.655. The highest BCUT2D eigenvalue weighted by Gasteiger charge is 2.22. The second-order valence-electron chi connectivity index (χ2n) is 4.54. The minimum absolute atomic E-state index is 0.175. The van der Waals surface area contributed by atoms with Crippen LogP contribution in [0.4, 0.5) is 11.4 Å². The van der Waals surface area contributed by atoms with Gasteiger partial charge >= 0.3 is 11.8 Å². The van der Waals surface area contributed by atoms with Crippen molar-refractivity contribution in [2.75, 3.05) is 45.8 Å². The van der Waals surface area contributed by atoms with Crippen molar-refractivity contribution in [2.24, 2.45) is 0 Å². The number of carbonyl (C=O) groups is 2. The maximum atomic E-state index is 12.1. The van der Waals surface area contributed by atoms with Gasteiger partial charge in [-0.15, -0.1) is 0 Å². The van der Waals surface area contributed by atoms with E-state index >= 15 is 0 Å². The highest BCUT2D eigenvalue weighted by molar-refractivity contribution is 6.39. The van der Waals surface area contributed by atoms with Crippen molar-refractivity contribution in [1.29, 1.82) is 0 Å². The molecule has 0 aliphatic heterocycles. The molecule has 1 aromatic carbocycles. The Morgan fingerprint density at radius 1 is 1.22 bits per heavy atom. The number of nitro benzene ring substituents is 1. The molecule has 126 valence electrons. The number of nitrogens with one attached hydrogen (secondary N) is 1. The number of non-ortho nitro benzene ring substituents is 1. The molecule has 0 aliphatic carbocycles. The summed E-state index contributed by atoms with van der Waals surface area (Å²) in [4.78, 5) is 35.6. The molecule has 0 spiro atoms. The average Bonchev–Trinajstić information content (AvgIpc) is 2.54. The van der Waals surface area contributed by atoms with Crippen LogP contribution in [0, 0.1) is 10.1 Å². The SMILES string of the molecule is COCCN(CCOC)C(=O)C(=O)Nc1cccc([N+](=O)[O-])c1. The minimum atomic E-state index is -0.877. The van der Waals surface area contributed by atoms with E-state index in [9.17, 15) is 19.7 Å². The van der Waals surface area contributed by atoms with E-state index in [0.29, 0.717) is 0 Å². The molecule has 9 heteroatoms. The second-order valence-corrected chi connectivity index (χ2v) is 4.54. The zero-order valence-electron chi connectivity index (χ0n) is 13.0. The standard InChI is InChI=1S/C14H19N3O6/c1-22-8-6-16(7-9-23-2)14(19)13(18)15-11-4-3-5-12(10-11)17(20)21/h3-5,10H,6-9H2,1-2H3,(H,15,18). The van der Waals surface area contributed by atoms with E-state index in [1.807, 2.05) is 0 Å². The third kappa shape index (κ3) is 6.01. The maximum Gasteiger partial charge on any atom is 0.313 e. The van der Waals surface area contributed by atoms with Gasteiger partial charge in [0.05, 0.1) is 18.1 Å². The number of nitro groups is 1. The number of anilines is 1. The van der Waals surface area contributed by atoms with Crippen LogP contribution < -0.4 is 5.32 Å². The topological polar surface area (TPSA) is 111 Å². The molecule has 1 N–H and O–H groups in total. The van der Waals surface area contributed by atoms with Gasteiger partial charge in [-0.1, -0.05) is 6.07 Å². The molecule has 0 atom stereocenters. The Labute approximate surface area is 133 Å². The Morgan fingerprint density at radius 3 is 2.35 bits per heavy atom. The Balaban J connectivity index is 2.74. The summed E-state index contributed by atoms with van der Waals surface area (Å²) >= 11 is 0. The van der Waals surface area contributed by atoms with Crippen LogP contribution >= 0.6 is 0 Å². The van der Waals surface area contributed by atoms with E-state index in [4.69, 9.17) is 9.47 Å². The van der Waals surface area contributed by atoms with Crippen LogP contribution in [-0.2, 0) is 19.1 Å². The average molecular weight is 325 g/mol. The summed E-state index contributed by atoms with van der Waals surface area (Å²) in [6, 6.07) is 5.36. The van der Waals surface area contributed by atoms with Crippen LogP contribution in [0.2, 0.25) is 0 Å². The van der Waals surface area contributed by atoms with E-state index in [-0.39, 0.29) is 37.7 Å². The summed E-state index contributed by atoms with van der Waals surface area (Å²) in [6.07, 6.45) is 0. The molecule has 0 aliphatic rings. The van der Waals surface area contributed by atoms with Gasteiger partial charge in [-0.3, -0.25) is 19.7 Å². The van der Waals surface area contributed by atoms with E-state index in [2.05, 4.69) is 5.32 Å². The molecule has 0 saturated carbocycles. The van der Waals surface area contributed by atoms with E-state index in [0.717, 1.165) is 0 Å². The lowest BCUT2D eigenvalue weighted by Gasteiger charge is -2.21. The Hall–Kier alpha value is -2.52. The second kappa shape index (κ2) is 9.49. The van der Waals surface area contributed by atoms with Crippen LogP contribution in [0.25, 0.3) is 0 Å². The lowest BCUT2D eigenvalue weighted by atomic mass is 10.2. The number of carbonyl (C=O) groups excluding carboxylic acids is 2. The highest BCUT2D eigenvalue weighted by Crippen LogP contribution is 2.17. The molecule has 0 saturated heterocycles. The van der Waals surface area contributed by atoms with Crippen LogP contribution in [0.3, 0.4) is 0 Å². The number of amides is 2. The van der Waals surface area contributed by atoms with Crippen molar-refractivity contribution in [3.8, 4) is 0 Å². The van der Waals surface area contributed by atoms with Crippen molar-refractivity contribution in [3.63, 3.8) is 0 Å². The number of hydrogen-bond donors (Lipinski definition) is 1. The summed E-state index contributed by atoms with van der Waals surface area (Å²) < 4.78 is 9.80. The monoisotopic (exact) mass is 325 g/mol. The zero-order chi connectivity index (χ0) is 17.2. The number of rotatable bonds is 8. The molecule has 1 rings (SSSR count). The molecule has 0 heterocycles. The van der Waals surface area contributed by atoms with Crippen LogP contribution in [-0.4, -0.2) is 62.2 Å². The van der Waals surface area contributed by atoms with Crippen LogP contribution in [0.1, 0.15) is 0 Å². The van der Waals surface area contributed by atoms with Gasteiger partial charge in [0.2, 0.25) is 0 Å². The minimum Gasteiger partial charge on any atom is -0.383 e. The van der Waals surface area contributed by atoms with Crippen molar-refractivity contribution >= 4 is 23.2 Å². The van der Waals surface area contributed by atoms with Crippen molar-refractivity contribution < 1.29 is 24.0 Å². The quantitative estimate of drug-likeness (QED) is 0.427. The van der Waals surface area contributed by atoms with Gasteiger partial charge in [-0.25, -0.2) is 0 Å². The van der Waals surface area contributed by atoms with Crippen LogP contribution in [0.15, 0.2) is 24.3 Å². The fourth-order valence-corrected chi connectivity index (χ4v) is 1.74. The molecular weight excluding hydrogens is 306 g/mol. The van der Waals surface area contributed by atoms with Gasteiger partial charge < -0.3 is 19.7 Å². The number of nitrogens with zero attached hydrogens (tertiary/aromatic N) is 2. The summed E-state index contributed by atoms with van der Waals surface area (Å²) in [5.41, 5.74) is 0.00172. The maximum absolute atomic E-state index is 12.1. The number of hydrogen-bond acceptors (Lipinski definition) is 6. The highest BCUT2D eigenvalue weighted by atomic mass is 16.6. The molecule has 0 bridgehead atoms. The first kappa shape index (κ1) is 18.5. The molecule has 0 unspecified atom stereocenters. The Kier molecular flexibility index (Phi) is 7.64. The van der Waals surface area contributed by atoms with Gasteiger partial charge in [0, 0.05) is 45.1 Å². The molecular formula is C14H19N3O6. The summed E-state index contributed by atoms with van der Waals surface area (Å²) in [5, 5.41) is 13.1. The first-order chi connectivity index (χ1) is 11.0. The lowest BCUT2D eigenvalue weighted by molar-refractivity contribution is -0.384. The number of ether oxygens (including phenoxy) is 2. The van der Waals surface area contributed by atoms with Gasteiger partial charge in [-0.2, -0.15) is 0 Å². The summed E-state index contributed by atoms with van der Waals surface area (Å²) in [5.74, 6) is -1.64. The Bertz CT molecular complexity index is 555. The molecule has 0 aromatic heterocycles. The third-order valence-corrected chi connectivity index (χ3v) is 2.93. The van der Waals surface area contributed by atoms with Gasteiger partial charge in [0.25, 0.3) is 5.69 Å². The van der Waals surface area contributed by atoms with Gasteiger partial charge in [-0.05, 0) is 6.07 Å². The van der Waals surface area contributed by atoms with Crippen molar-refractivity contribution in [3.05, 3.63) is 34.4 Å². The fraction of sp³-hybridized carbons (Fsp3) is 0.429. The van der Waals surface area contributed by atoms with Gasteiger partial charge in [0.1, 0.15) is 0 Å². The van der Waals surface area contributed by atoms with E-state index in [1.54, 1.807) is 0 Å². The lowest BCUT2D eigenvalue weighted by Crippen LogP contribution is -2.43. The molecule has 0 fully saturated rings. The van der Waals surface area contributed by atoms with Crippen LogP contribution in [0.5, 0.6) is 0 Å². The van der Waals surface area contributed by atoms with Crippen molar-refractivity contribution in [2.45, 2.75) is 0 Å². The number of benzene rings is 1. The van der Waals surface area contributed by atoms with Gasteiger partial charge in [0.15, 0.2) is 0 Å². The smallest absolute Gasteiger partial charge is 0.313 e. The zero-order valence-corrected chi connectivity index (χ0v) is 13.0. The normalized spacial score (nSPS) is 10.2. The van der Waals surface area contributed by atoms with Crippen molar-refractivity contribution in [1.82, 2.24) is 4.90 Å². The molecule has 0 radical (unpaired) electrons. The molecule has 9 nitrogen and oxygen atoms in total. The Morgan fingerprint density at radius 2 is 1.83 bits per heavy atom. The first-order valence-electron chi connectivity index (χ1n) is 6.82. The summed E-state index contributed by atoms with van der Waals surface area (Å²) in [6.45, 7) is 1.03. The first-order valence-corrected chi connectivity index (χ1v) is 6.82. The molecule has 2 amide bonds. The third-order valence-electron chi connectivity index (χ3n) is 2.93. The number of methoxy groups -OCH3 is 2. The van der Waals surface area contributed by atoms with E-state index in [1.165, 1.54) is 43.4 Å². The molecule has 23 heavy (non-hydrogen) atoms. The predicted molar refractivity (Wildman–Crippen MR) is 82.1 cm³/mol. The van der Waals surface area contributed by atoms with E-state index < -0.39 is 16.7 Å².